The number of carboxylic acid groups (broad SMARTS) is 2. The van der Waals surface area contributed by atoms with Crippen molar-refractivity contribution in [1.29, 1.82) is 0 Å². The van der Waals surface area contributed by atoms with Gasteiger partial charge in [-0.25, -0.2) is 13.4 Å². The summed E-state index contributed by atoms with van der Waals surface area (Å²) in [6.07, 6.45) is 0.845. The van der Waals surface area contributed by atoms with Crippen molar-refractivity contribution in [2.75, 3.05) is 11.0 Å². The zero-order valence-electron chi connectivity index (χ0n) is 16.3. The summed E-state index contributed by atoms with van der Waals surface area (Å²) in [4.78, 5) is 25.5. The van der Waals surface area contributed by atoms with E-state index in [0.29, 0.717) is 0 Å². The second-order valence-corrected chi connectivity index (χ2v) is 8.43. The molecule has 0 aliphatic rings. The van der Waals surface area contributed by atoms with Crippen LogP contribution in [0.15, 0.2) is 42.5 Å². The average Bonchev–Trinajstić information content (AvgIpc) is 2.93. The first-order chi connectivity index (χ1) is 12.5. The summed E-state index contributed by atoms with van der Waals surface area (Å²) in [6, 6.07) is 10.9. The van der Waals surface area contributed by atoms with Gasteiger partial charge in [-0.05, 0) is 48.4 Å². The van der Waals surface area contributed by atoms with E-state index >= 15 is 0 Å². The van der Waals surface area contributed by atoms with Crippen LogP contribution in [0.4, 0.5) is 5.69 Å². The van der Waals surface area contributed by atoms with Gasteiger partial charge in [0, 0.05) is 5.69 Å². The van der Waals surface area contributed by atoms with Gasteiger partial charge in [0.05, 0.1) is 33.4 Å². The van der Waals surface area contributed by atoms with Crippen molar-refractivity contribution < 1.29 is 131 Å². The number of aromatic nitrogens is 1. The summed E-state index contributed by atoms with van der Waals surface area (Å²) >= 11 is 1.74. The number of hydrogen-bond donors (Lipinski definition) is 1. The number of anilines is 1. The fourth-order valence-corrected chi connectivity index (χ4v) is 3.50. The van der Waals surface area contributed by atoms with Gasteiger partial charge in [-0.1, -0.05) is 12.1 Å². The van der Waals surface area contributed by atoms with E-state index in [0.717, 1.165) is 35.0 Å². The van der Waals surface area contributed by atoms with Crippen LogP contribution in [0.3, 0.4) is 0 Å². The van der Waals surface area contributed by atoms with E-state index in [9.17, 15) is 28.2 Å². The van der Waals surface area contributed by atoms with Crippen molar-refractivity contribution in [3.05, 3.63) is 58.6 Å². The molecular formula is C17H14K2N2O6S2. The average molecular weight is 485 g/mol. The predicted molar refractivity (Wildman–Crippen MR) is 97.9 cm³/mol. The van der Waals surface area contributed by atoms with Gasteiger partial charge >= 0.3 is 103 Å². The number of fused-ring (bicyclic) bond motifs is 1. The Hall–Kier alpha value is 0.293. The van der Waals surface area contributed by atoms with E-state index in [2.05, 4.69) is 11.1 Å². The molecule has 0 bridgehead atoms. The molecule has 1 heterocycles. The SMILES string of the molecule is CS(=O)(=O)Nc1cc(C(=O)[O-])cc(C(=O)[O-])c1.Cc1nc2ccccc2s1.[K+].[K+]. The summed E-state index contributed by atoms with van der Waals surface area (Å²) in [6.45, 7) is 2.03. The summed E-state index contributed by atoms with van der Waals surface area (Å²) in [5.41, 5.74) is 0.00843. The minimum atomic E-state index is -3.64. The number of carbonyl (C=O) groups excluding carboxylic acids is 2. The molecule has 29 heavy (non-hydrogen) atoms. The van der Waals surface area contributed by atoms with Crippen LogP contribution in [-0.2, 0) is 10.0 Å². The molecule has 0 fully saturated rings. The summed E-state index contributed by atoms with van der Waals surface area (Å²) in [5, 5.41) is 22.3. The Morgan fingerprint density at radius 2 is 1.52 bits per heavy atom. The van der Waals surface area contributed by atoms with E-state index in [4.69, 9.17) is 0 Å². The maximum atomic E-state index is 10.9. The van der Waals surface area contributed by atoms with Crippen molar-refractivity contribution in [2.45, 2.75) is 6.92 Å². The van der Waals surface area contributed by atoms with E-state index < -0.39 is 33.1 Å². The Morgan fingerprint density at radius 3 is 1.97 bits per heavy atom. The number of aromatic carboxylic acids is 2. The molecule has 0 aliphatic heterocycles. The molecule has 0 unspecified atom stereocenters. The van der Waals surface area contributed by atoms with Crippen molar-refractivity contribution in [1.82, 2.24) is 4.98 Å². The predicted octanol–water partition coefficient (Wildman–Crippen LogP) is -5.60. The molecule has 0 atom stereocenters. The number of carbonyl (C=O) groups is 2. The quantitative estimate of drug-likeness (QED) is 0.364. The Bertz CT molecular complexity index is 1050. The van der Waals surface area contributed by atoms with Crippen molar-refractivity contribution in [3.63, 3.8) is 0 Å². The zero-order chi connectivity index (χ0) is 20.2. The number of hydrogen-bond acceptors (Lipinski definition) is 8. The molecule has 3 rings (SSSR count). The van der Waals surface area contributed by atoms with Crippen LogP contribution in [0.5, 0.6) is 0 Å². The number of benzene rings is 2. The number of nitrogens with zero attached hydrogens (tertiary/aromatic N) is 1. The zero-order valence-corrected chi connectivity index (χ0v) is 24.1. The number of carboxylic acids is 2. The number of sulfonamides is 1. The minimum absolute atomic E-state index is 0. The molecular weight excluding hydrogens is 471 g/mol. The first-order valence-electron chi connectivity index (χ1n) is 7.43. The first-order valence-corrected chi connectivity index (χ1v) is 10.1. The molecule has 0 spiro atoms. The topological polar surface area (TPSA) is 139 Å². The molecule has 1 aromatic heterocycles. The van der Waals surface area contributed by atoms with Crippen LogP contribution >= 0.6 is 11.3 Å². The largest absolute Gasteiger partial charge is 1.00 e. The van der Waals surface area contributed by atoms with Gasteiger partial charge < -0.3 is 19.8 Å². The molecule has 2 aromatic carbocycles. The van der Waals surface area contributed by atoms with Gasteiger partial charge in [-0.3, -0.25) is 4.72 Å². The van der Waals surface area contributed by atoms with Crippen LogP contribution in [0.1, 0.15) is 25.7 Å². The molecule has 0 aliphatic carbocycles. The summed E-state index contributed by atoms with van der Waals surface area (Å²) < 4.78 is 25.1. The van der Waals surface area contributed by atoms with Crippen LogP contribution in [0, 0.1) is 6.92 Å². The molecule has 1 N–H and O–H groups in total. The molecule has 0 amide bonds. The van der Waals surface area contributed by atoms with Crippen molar-refractivity contribution in [3.8, 4) is 0 Å². The van der Waals surface area contributed by atoms with Gasteiger partial charge in [0.15, 0.2) is 0 Å². The monoisotopic (exact) mass is 484 g/mol. The van der Waals surface area contributed by atoms with Gasteiger partial charge in [0.1, 0.15) is 0 Å². The fraction of sp³-hybridized carbons (Fsp3) is 0.118. The third kappa shape index (κ3) is 9.97. The van der Waals surface area contributed by atoms with E-state index in [1.807, 2.05) is 29.8 Å². The Morgan fingerprint density at radius 1 is 1.00 bits per heavy atom. The maximum Gasteiger partial charge on any atom is 1.00 e. The first kappa shape index (κ1) is 29.3. The van der Waals surface area contributed by atoms with E-state index in [1.54, 1.807) is 11.3 Å². The van der Waals surface area contributed by atoms with E-state index in [-0.39, 0.29) is 108 Å². The number of para-hydroxylation sites is 1. The standard InChI is InChI=1S/C9H9NO6S.C8H7NS.2K/c1-17(15,16)10-7-3-5(8(11)12)2-6(4-7)9(13)14;1-6-9-7-4-2-3-5-8(7)10-6;;/h2-4,10H,1H3,(H,11,12)(H,13,14);2-5H,1H3;;/q;;2*+1/p-2. The number of nitrogens with one attached hydrogen (secondary N) is 1. The van der Waals surface area contributed by atoms with Gasteiger partial charge in [-0.15, -0.1) is 11.3 Å². The Kier molecular flexibility index (Phi) is 13.1. The summed E-state index contributed by atoms with van der Waals surface area (Å²) in [7, 11) is -3.64. The molecule has 0 saturated heterocycles. The van der Waals surface area contributed by atoms with Crippen molar-refractivity contribution in [2.24, 2.45) is 0 Å². The third-order valence-corrected chi connectivity index (χ3v) is 4.67. The van der Waals surface area contributed by atoms with Crippen LogP contribution < -0.4 is 118 Å². The van der Waals surface area contributed by atoms with E-state index in [1.165, 1.54) is 4.70 Å². The molecule has 0 saturated carbocycles. The van der Waals surface area contributed by atoms with Crippen molar-refractivity contribution >= 4 is 49.2 Å². The van der Waals surface area contributed by atoms with Gasteiger partial charge in [-0.2, -0.15) is 0 Å². The number of aryl methyl sites for hydroxylation is 1. The second kappa shape index (κ2) is 13.0. The number of thiazole rings is 1. The minimum Gasteiger partial charge on any atom is -0.545 e. The van der Waals surface area contributed by atoms with Crippen LogP contribution in [0.2, 0.25) is 0 Å². The molecule has 3 aromatic rings. The van der Waals surface area contributed by atoms with Gasteiger partial charge in [0.2, 0.25) is 10.0 Å². The Balaban J connectivity index is 0.000000559. The smallest absolute Gasteiger partial charge is 0.545 e. The van der Waals surface area contributed by atoms with Gasteiger partial charge in [0.25, 0.3) is 0 Å². The molecule has 8 nitrogen and oxygen atoms in total. The second-order valence-electron chi connectivity index (χ2n) is 5.45. The third-order valence-electron chi connectivity index (χ3n) is 3.11. The number of rotatable bonds is 4. The summed E-state index contributed by atoms with van der Waals surface area (Å²) in [5.74, 6) is -3.24. The van der Waals surface area contributed by atoms with Crippen LogP contribution in [0.25, 0.3) is 10.2 Å². The molecule has 142 valence electrons. The van der Waals surface area contributed by atoms with Crippen LogP contribution in [-0.4, -0.2) is 31.6 Å². The Labute approximate surface area is 257 Å². The normalized spacial score (nSPS) is 10.0. The molecule has 12 heteroatoms. The maximum absolute atomic E-state index is 10.9. The fourth-order valence-electron chi connectivity index (χ4n) is 2.12. The molecule has 0 radical (unpaired) electrons.